The lowest BCUT2D eigenvalue weighted by Crippen LogP contribution is -2.14. The van der Waals surface area contributed by atoms with Crippen LogP contribution in [0.2, 0.25) is 0 Å². The molecule has 0 aromatic heterocycles. The summed E-state index contributed by atoms with van der Waals surface area (Å²) in [6.45, 7) is 6.58. The number of rotatable bonds is 7. The molecule has 1 N–H and O–H groups in total. The van der Waals surface area contributed by atoms with E-state index in [1.807, 2.05) is 67.6 Å². The van der Waals surface area contributed by atoms with Gasteiger partial charge in [0.2, 0.25) is 0 Å². The van der Waals surface area contributed by atoms with Crippen molar-refractivity contribution in [2.45, 2.75) is 33.8 Å². The molecule has 0 fully saturated rings. The second-order valence-corrected chi connectivity index (χ2v) is 8.54. The van der Waals surface area contributed by atoms with Crippen molar-refractivity contribution in [1.29, 1.82) is 5.26 Å². The number of nitrogens with zero attached hydrogens (tertiary/aromatic N) is 1. The molecule has 4 aromatic carbocycles. The van der Waals surface area contributed by atoms with Gasteiger partial charge < -0.3 is 10.1 Å². The maximum absolute atomic E-state index is 13.1. The van der Waals surface area contributed by atoms with Crippen LogP contribution < -0.4 is 10.1 Å². The first-order chi connectivity index (χ1) is 17.0. The smallest absolute Gasteiger partial charge is 0.266 e. The quantitative estimate of drug-likeness (QED) is 0.235. The highest BCUT2D eigenvalue weighted by molar-refractivity contribution is 6.11. The maximum atomic E-state index is 13.1. The number of nitrogens with one attached hydrogen (secondary N) is 1. The summed E-state index contributed by atoms with van der Waals surface area (Å²) < 4.78 is 6.22. The van der Waals surface area contributed by atoms with Gasteiger partial charge in [-0.3, -0.25) is 4.79 Å². The third-order valence-corrected chi connectivity index (χ3v) is 6.20. The molecule has 4 nitrogen and oxygen atoms in total. The van der Waals surface area contributed by atoms with Crippen LogP contribution in [-0.4, -0.2) is 5.91 Å². The van der Waals surface area contributed by atoms with E-state index >= 15 is 0 Å². The summed E-state index contributed by atoms with van der Waals surface area (Å²) in [6, 6.07) is 27.7. The predicted octanol–water partition coefficient (Wildman–Crippen LogP) is 7.14. The Morgan fingerprint density at radius 2 is 1.74 bits per heavy atom. The molecule has 0 radical (unpaired) electrons. The number of hydrogen-bond acceptors (Lipinski definition) is 3. The summed E-state index contributed by atoms with van der Waals surface area (Å²) in [5.41, 5.74) is 5.96. The van der Waals surface area contributed by atoms with Gasteiger partial charge in [-0.05, 0) is 71.5 Å². The summed E-state index contributed by atoms with van der Waals surface area (Å²) in [7, 11) is 0. The van der Waals surface area contributed by atoms with Crippen LogP contribution in [0.1, 0.15) is 34.7 Å². The zero-order valence-electron chi connectivity index (χ0n) is 20.3. The third kappa shape index (κ3) is 5.42. The molecule has 0 saturated carbocycles. The molecule has 0 aliphatic carbocycles. The number of fused-ring (bicyclic) bond motifs is 1. The fourth-order valence-electron chi connectivity index (χ4n) is 4.04. The number of para-hydroxylation sites is 1. The number of amides is 1. The van der Waals surface area contributed by atoms with Crippen LogP contribution >= 0.6 is 0 Å². The molecule has 0 bridgehead atoms. The first kappa shape index (κ1) is 23.8. The van der Waals surface area contributed by atoms with Crippen LogP contribution in [0.4, 0.5) is 5.69 Å². The maximum Gasteiger partial charge on any atom is 0.266 e. The van der Waals surface area contributed by atoms with E-state index in [2.05, 4.69) is 43.4 Å². The molecule has 0 aliphatic rings. The van der Waals surface area contributed by atoms with Crippen LogP contribution in [0.15, 0.2) is 84.4 Å². The lowest BCUT2D eigenvalue weighted by molar-refractivity contribution is -0.112. The summed E-state index contributed by atoms with van der Waals surface area (Å²) in [4.78, 5) is 13.1. The van der Waals surface area contributed by atoms with Gasteiger partial charge in [0.05, 0.1) is 0 Å². The Bertz CT molecular complexity index is 1460. The van der Waals surface area contributed by atoms with Crippen LogP contribution in [0.25, 0.3) is 16.8 Å². The predicted molar refractivity (Wildman–Crippen MR) is 142 cm³/mol. The van der Waals surface area contributed by atoms with Gasteiger partial charge in [-0.15, -0.1) is 0 Å². The van der Waals surface area contributed by atoms with Crippen LogP contribution in [0.3, 0.4) is 0 Å². The van der Waals surface area contributed by atoms with E-state index in [-0.39, 0.29) is 5.57 Å². The number of hydrogen-bond donors (Lipinski definition) is 1. The van der Waals surface area contributed by atoms with Crippen LogP contribution in [0, 0.1) is 25.2 Å². The summed E-state index contributed by atoms with van der Waals surface area (Å²) >= 11 is 0. The fraction of sp³-hybridized carbons (Fsp3) is 0.161. The Kier molecular flexibility index (Phi) is 7.28. The van der Waals surface area contributed by atoms with Gasteiger partial charge in [0.25, 0.3) is 5.91 Å². The minimum absolute atomic E-state index is 0.0169. The zero-order chi connectivity index (χ0) is 24.8. The molecule has 1 amide bonds. The summed E-state index contributed by atoms with van der Waals surface area (Å²) in [5.74, 6) is 0.179. The lowest BCUT2D eigenvalue weighted by atomic mass is 10.0. The van der Waals surface area contributed by atoms with Crippen LogP contribution in [0.5, 0.6) is 5.75 Å². The third-order valence-electron chi connectivity index (χ3n) is 6.20. The number of benzene rings is 4. The first-order valence-corrected chi connectivity index (χ1v) is 11.7. The van der Waals surface area contributed by atoms with Gasteiger partial charge in [0.15, 0.2) is 0 Å². The highest BCUT2D eigenvalue weighted by Crippen LogP contribution is 2.31. The molecule has 174 valence electrons. The van der Waals surface area contributed by atoms with Crippen molar-refractivity contribution < 1.29 is 9.53 Å². The molecular weight excluding hydrogens is 432 g/mol. The molecule has 0 heterocycles. The highest BCUT2D eigenvalue weighted by Gasteiger charge is 2.15. The number of nitriles is 1. The fourth-order valence-corrected chi connectivity index (χ4v) is 4.04. The van der Waals surface area contributed by atoms with E-state index < -0.39 is 5.91 Å². The molecule has 35 heavy (non-hydrogen) atoms. The van der Waals surface area contributed by atoms with Gasteiger partial charge in [-0.25, -0.2) is 0 Å². The first-order valence-electron chi connectivity index (χ1n) is 11.7. The van der Waals surface area contributed by atoms with Crippen molar-refractivity contribution in [2.24, 2.45) is 0 Å². The average molecular weight is 461 g/mol. The molecule has 0 atom stereocenters. The molecule has 4 rings (SSSR count). The molecular formula is C31H28N2O2. The van der Waals surface area contributed by atoms with Crippen molar-refractivity contribution in [3.8, 4) is 11.8 Å². The van der Waals surface area contributed by atoms with E-state index in [9.17, 15) is 10.1 Å². The van der Waals surface area contributed by atoms with Gasteiger partial charge >= 0.3 is 0 Å². The van der Waals surface area contributed by atoms with E-state index in [0.717, 1.165) is 28.3 Å². The van der Waals surface area contributed by atoms with Crippen molar-refractivity contribution in [3.05, 3.63) is 112 Å². The number of ether oxygens (including phenoxy) is 1. The summed E-state index contributed by atoms with van der Waals surface area (Å²) in [6.07, 6.45) is 2.41. The van der Waals surface area contributed by atoms with Crippen molar-refractivity contribution >= 4 is 28.4 Å². The Morgan fingerprint density at radius 1 is 0.971 bits per heavy atom. The van der Waals surface area contributed by atoms with E-state index in [1.54, 1.807) is 6.08 Å². The van der Waals surface area contributed by atoms with E-state index in [4.69, 9.17) is 4.74 Å². The SMILES string of the molecule is CCc1ccccc1NC(=O)/C(C#N)=C/c1c(OCc2ccc(C)c(C)c2)ccc2ccccc12. The largest absolute Gasteiger partial charge is 0.488 e. The number of carbonyl (C=O) groups excluding carboxylic acids is 1. The second-order valence-electron chi connectivity index (χ2n) is 8.54. The Morgan fingerprint density at radius 3 is 2.51 bits per heavy atom. The molecule has 0 saturated heterocycles. The molecule has 4 aromatic rings. The Hall–Kier alpha value is -4.36. The van der Waals surface area contributed by atoms with Gasteiger partial charge in [-0.2, -0.15) is 5.26 Å². The molecule has 4 heteroatoms. The molecule has 0 unspecified atom stereocenters. The zero-order valence-corrected chi connectivity index (χ0v) is 20.3. The Balaban J connectivity index is 1.70. The van der Waals surface area contributed by atoms with Gasteiger partial charge in [-0.1, -0.05) is 73.7 Å². The topological polar surface area (TPSA) is 62.1 Å². The van der Waals surface area contributed by atoms with Crippen molar-refractivity contribution in [1.82, 2.24) is 0 Å². The highest BCUT2D eigenvalue weighted by atomic mass is 16.5. The van der Waals surface area contributed by atoms with E-state index in [0.29, 0.717) is 23.6 Å². The normalized spacial score (nSPS) is 11.2. The standard InChI is InChI=1S/C31H28N2O2/c1-4-24-9-6-8-12-29(24)33-31(34)26(19-32)18-28-27-11-7-5-10-25(27)15-16-30(28)35-20-23-14-13-21(2)22(3)17-23/h5-18H,4,20H2,1-3H3,(H,33,34)/b26-18+. The summed E-state index contributed by atoms with van der Waals surface area (Å²) in [5, 5.41) is 14.7. The van der Waals surface area contributed by atoms with Crippen molar-refractivity contribution in [2.75, 3.05) is 5.32 Å². The number of carbonyl (C=O) groups is 1. The monoisotopic (exact) mass is 460 g/mol. The van der Waals surface area contributed by atoms with E-state index in [1.165, 1.54) is 11.1 Å². The number of aryl methyl sites for hydroxylation is 3. The lowest BCUT2D eigenvalue weighted by Gasteiger charge is -2.14. The molecule has 0 spiro atoms. The van der Waals surface area contributed by atoms with Gasteiger partial charge in [0, 0.05) is 11.3 Å². The van der Waals surface area contributed by atoms with Crippen LogP contribution in [-0.2, 0) is 17.8 Å². The van der Waals surface area contributed by atoms with Crippen molar-refractivity contribution in [3.63, 3.8) is 0 Å². The van der Waals surface area contributed by atoms with Gasteiger partial charge in [0.1, 0.15) is 24.0 Å². The number of anilines is 1. The average Bonchev–Trinajstić information content (AvgIpc) is 2.88. The second kappa shape index (κ2) is 10.7. The Labute approximate surface area is 206 Å². The minimum atomic E-state index is -0.443. The molecule has 0 aliphatic heterocycles. The minimum Gasteiger partial charge on any atom is -0.488 e.